The van der Waals surface area contributed by atoms with Crippen molar-refractivity contribution in [3.8, 4) is 0 Å². The third kappa shape index (κ3) is 2.73. The van der Waals surface area contributed by atoms with Gasteiger partial charge < -0.3 is 10.1 Å². The van der Waals surface area contributed by atoms with Crippen LogP contribution in [0.5, 0.6) is 0 Å². The van der Waals surface area contributed by atoms with Crippen LogP contribution in [0.2, 0.25) is 5.02 Å². The molecular formula is C17H13ClN2O2. The number of nitrogens with one attached hydrogen (secondary N) is 1. The first kappa shape index (κ1) is 14.4. The Morgan fingerprint density at radius 1 is 1.18 bits per heavy atom. The van der Waals surface area contributed by atoms with Gasteiger partial charge in [0.05, 0.1) is 23.2 Å². The molecule has 0 saturated heterocycles. The lowest BCUT2D eigenvalue weighted by Crippen LogP contribution is -2.02. The molecular weight excluding hydrogens is 300 g/mol. The van der Waals surface area contributed by atoms with Crippen molar-refractivity contribution in [1.82, 2.24) is 4.98 Å². The number of benzene rings is 2. The Bertz CT molecular complexity index is 849. The molecule has 110 valence electrons. The van der Waals surface area contributed by atoms with Crippen molar-refractivity contribution in [1.29, 1.82) is 0 Å². The lowest BCUT2D eigenvalue weighted by molar-refractivity contribution is 0.0601. The van der Waals surface area contributed by atoms with Crippen LogP contribution in [-0.4, -0.2) is 18.1 Å². The summed E-state index contributed by atoms with van der Waals surface area (Å²) in [5.74, 6) is -0.369. The summed E-state index contributed by atoms with van der Waals surface area (Å²) in [5.41, 5.74) is 2.88. The molecule has 0 spiro atoms. The monoisotopic (exact) mass is 312 g/mol. The highest BCUT2D eigenvalue weighted by molar-refractivity contribution is 6.35. The first-order valence-electron chi connectivity index (χ1n) is 6.67. The molecule has 0 amide bonds. The number of ether oxygens (including phenoxy) is 1. The Morgan fingerprint density at radius 2 is 2.00 bits per heavy atom. The number of nitrogens with zero attached hydrogens (tertiary/aromatic N) is 1. The fourth-order valence-electron chi connectivity index (χ4n) is 2.25. The molecule has 1 heterocycles. The first-order valence-corrected chi connectivity index (χ1v) is 7.05. The summed E-state index contributed by atoms with van der Waals surface area (Å²) in [6.07, 6.45) is 1.70. The molecule has 0 atom stereocenters. The summed E-state index contributed by atoms with van der Waals surface area (Å²) < 4.78 is 4.73. The van der Waals surface area contributed by atoms with Gasteiger partial charge in [0.2, 0.25) is 0 Å². The van der Waals surface area contributed by atoms with Gasteiger partial charge in [-0.05, 0) is 30.3 Å². The zero-order valence-electron chi connectivity index (χ0n) is 11.8. The highest BCUT2D eigenvalue weighted by Gasteiger charge is 2.08. The predicted molar refractivity (Wildman–Crippen MR) is 87.8 cm³/mol. The molecule has 5 heteroatoms. The summed E-state index contributed by atoms with van der Waals surface area (Å²) in [7, 11) is 1.36. The maximum atomic E-state index is 11.6. The smallest absolute Gasteiger partial charge is 0.337 e. The van der Waals surface area contributed by atoms with Crippen molar-refractivity contribution in [3.05, 3.63) is 65.3 Å². The van der Waals surface area contributed by atoms with Crippen molar-refractivity contribution in [2.45, 2.75) is 0 Å². The minimum absolute atomic E-state index is 0.369. The number of aromatic nitrogens is 1. The second kappa shape index (κ2) is 6.03. The normalized spacial score (nSPS) is 10.5. The van der Waals surface area contributed by atoms with Gasteiger partial charge in [0.15, 0.2) is 0 Å². The van der Waals surface area contributed by atoms with E-state index in [1.807, 2.05) is 24.3 Å². The van der Waals surface area contributed by atoms with Crippen molar-refractivity contribution >= 4 is 39.8 Å². The summed E-state index contributed by atoms with van der Waals surface area (Å²) in [6, 6.07) is 14.6. The van der Waals surface area contributed by atoms with E-state index < -0.39 is 0 Å². The van der Waals surface area contributed by atoms with Gasteiger partial charge >= 0.3 is 5.97 Å². The SMILES string of the molecule is COC(=O)c1cccc(Nc2ccnc3c(Cl)cccc23)c1. The molecule has 1 aromatic heterocycles. The van der Waals surface area contributed by atoms with E-state index in [2.05, 4.69) is 10.3 Å². The molecule has 0 fully saturated rings. The van der Waals surface area contributed by atoms with E-state index in [4.69, 9.17) is 16.3 Å². The number of hydrogen-bond acceptors (Lipinski definition) is 4. The highest BCUT2D eigenvalue weighted by atomic mass is 35.5. The third-order valence-electron chi connectivity index (χ3n) is 3.28. The molecule has 0 aliphatic rings. The number of hydrogen-bond donors (Lipinski definition) is 1. The maximum Gasteiger partial charge on any atom is 0.337 e. The van der Waals surface area contributed by atoms with Gasteiger partial charge in [-0.2, -0.15) is 0 Å². The Kier molecular flexibility index (Phi) is 3.94. The molecule has 0 unspecified atom stereocenters. The van der Waals surface area contributed by atoms with Crippen LogP contribution in [0.3, 0.4) is 0 Å². The number of anilines is 2. The Morgan fingerprint density at radius 3 is 2.82 bits per heavy atom. The second-order valence-corrected chi connectivity index (χ2v) is 5.10. The second-order valence-electron chi connectivity index (χ2n) is 4.69. The number of esters is 1. The molecule has 3 rings (SSSR count). The zero-order valence-corrected chi connectivity index (χ0v) is 12.6. The van der Waals surface area contributed by atoms with Gasteiger partial charge in [0.1, 0.15) is 0 Å². The molecule has 0 aliphatic carbocycles. The summed E-state index contributed by atoms with van der Waals surface area (Å²) >= 11 is 6.17. The van der Waals surface area contributed by atoms with Crippen LogP contribution < -0.4 is 5.32 Å². The Balaban J connectivity index is 2.00. The van der Waals surface area contributed by atoms with Crippen LogP contribution in [0.15, 0.2) is 54.7 Å². The lowest BCUT2D eigenvalue weighted by atomic mass is 10.1. The van der Waals surface area contributed by atoms with Crippen LogP contribution >= 0.6 is 11.6 Å². The van der Waals surface area contributed by atoms with Crippen molar-refractivity contribution in [2.75, 3.05) is 12.4 Å². The molecule has 0 aliphatic heterocycles. The van der Waals surface area contributed by atoms with E-state index in [9.17, 15) is 4.79 Å². The number of para-hydroxylation sites is 1. The number of carbonyl (C=O) groups is 1. The molecule has 3 aromatic rings. The predicted octanol–water partition coefficient (Wildman–Crippen LogP) is 4.42. The van der Waals surface area contributed by atoms with Crippen molar-refractivity contribution < 1.29 is 9.53 Å². The third-order valence-corrected chi connectivity index (χ3v) is 3.59. The topological polar surface area (TPSA) is 51.2 Å². The van der Waals surface area contributed by atoms with E-state index in [-0.39, 0.29) is 5.97 Å². The number of pyridine rings is 1. The van der Waals surface area contributed by atoms with E-state index in [1.165, 1.54) is 7.11 Å². The molecule has 0 bridgehead atoms. The van der Waals surface area contributed by atoms with Crippen LogP contribution in [-0.2, 0) is 4.74 Å². The molecule has 4 nitrogen and oxygen atoms in total. The molecule has 1 N–H and O–H groups in total. The van der Waals surface area contributed by atoms with Crippen molar-refractivity contribution in [2.24, 2.45) is 0 Å². The minimum atomic E-state index is -0.369. The van der Waals surface area contributed by atoms with E-state index in [0.29, 0.717) is 10.6 Å². The number of carbonyl (C=O) groups excluding carboxylic acids is 1. The average Bonchev–Trinajstić information content (AvgIpc) is 2.55. The van der Waals surface area contributed by atoms with E-state index >= 15 is 0 Å². The number of fused-ring (bicyclic) bond motifs is 1. The van der Waals surface area contributed by atoms with E-state index in [0.717, 1.165) is 22.3 Å². The Labute approximate surface area is 132 Å². The summed E-state index contributed by atoms with van der Waals surface area (Å²) in [4.78, 5) is 15.9. The molecule has 0 saturated carbocycles. The standard InChI is InChI=1S/C17H13ClN2O2/c1-22-17(21)11-4-2-5-12(10-11)20-15-8-9-19-16-13(15)6-3-7-14(16)18/h2-10H,1H3,(H,19,20). The van der Waals surface area contributed by atoms with Gasteiger partial charge in [-0.1, -0.05) is 29.8 Å². The number of halogens is 1. The van der Waals surface area contributed by atoms with Crippen LogP contribution in [0.4, 0.5) is 11.4 Å². The van der Waals surface area contributed by atoms with Gasteiger partial charge in [-0.15, -0.1) is 0 Å². The lowest BCUT2D eigenvalue weighted by Gasteiger charge is -2.11. The summed E-state index contributed by atoms with van der Waals surface area (Å²) in [6.45, 7) is 0. The van der Waals surface area contributed by atoms with Crippen LogP contribution in [0.1, 0.15) is 10.4 Å². The number of rotatable bonds is 3. The average molecular weight is 313 g/mol. The van der Waals surface area contributed by atoms with Crippen LogP contribution in [0, 0.1) is 0 Å². The van der Waals surface area contributed by atoms with Gasteiger partial charge in [-0.25, -0.2) is 4.79 Å². The van der Waals surface area contributed by atoms with Gasteiger partial charge in [-0.3, -0.25) is 4.98 Å². The zero-order chi connectivity index (χ0) is 15.5. The maximum absolute atomic E-state index is 11.6. The van der Waals surface area contributed by atoms with Gasteiger partial charge in [0.25, 0.3) is 0 Å². The van der Waals surface area contributed by atoms with Crippen molar-refractivity contribution in [3.63, 3.8) is 0 Å². The Hall–Kier alpha value is -2.59. The van der Waals surface area contributed by atoms with Crippen LogP contribution in [0.25, 0.3) is 10.9 Å². The molecule has 0 radical (unpaired) electrons. The summed E-state index contributed by atoms with van der Waals surface area (Å²) in [5, 5.41) is 4.80. The largest absolute Gasteiger partial charge is 0.465 e. The fourth-order valence-corrected chi connectivity index (χ4v) is 2.47. The van der Waals surface area contributed by atoms with Gasteiger partial charge in [0, 0.05) is 23.0 Å². The quantitative estimate of drug-likeness (QED) is 0.727. The molecule has 2 aromatic carbocycles. The highest BCUT2D eigenvalue weighted by Crippen LogP contribution is 2.29. The first-order chi connectivity index (χ1) is 10.7. The number of methoxy groups -OCH3 is 1. The fraction of sp³-hybridized carbons (Fsp3) is 0.0588. The van der Waals surface area contributed by atoms with E-state index in [1.54, 1.807) is 30.5 Å². The molecule has 22 heavy (non-hydrogen) atoms. The minimum Gasteiger partial charge on any atom is -0.465 e.